The van der Waals surface area contributed by atoms with Crippen molar-refractivity contribution in [3.63, 3.8) is 0 Å². The van der Waals surface area contributed by atoms with Gasteiger partial charge in [0.25, 0.3) is 5.69 Å². The van der Waals surface area contributed by atoms with Crippen LogP contribution in [0, 0.1) is 10.1 Å². The van der Waals surface area contributed by atoms with Gasteiger partial charge in [0.05, 0.1) is 4.92 Å². The lowest BCUT2D eigenvalue weighted by atomic mass is 10.1. The number of hydrogen-bond donors (Lipinski definition) is 3. The SMILES string of the molecule is NC(=O)c1ccc(Nc2ccc(N)cc2)c([N+](=O)[O-])c1. The third-order valence-electron chi connectivity index (χ3n) is 2.67. The zero-order valence-electron chi connectivity index (χ0n) is 10.4. The van der Waals surface area contributed by atoms with Crippen LogP contribution in [-0.2, 0) is 0 Å². The van der Waals surface area contributed by atoms with Crippen molar-refractivity contribution in [2.24, 2.45) is 5.73 Å². The quantitative estimate of drug-likeness (QED) is 0.446. The minimum Gasteiger partial charge on any atom is -0.399 e. The van der Waals surface area contributed by atoms with Crippen LogP contribution in [0.25, 0.3) is 0 Å². The average Bonchev–Trinajstić information content (AvgIpc) is 2.41. The molecular formula is C13H12N4O3. The fraction of sp³-hybridized carbons (Fsp3) is 0. The van der Waals surface area contributed by atoms with E-state index in [2.05, 4.69) is 5.32 Å². The second-order valence-corrected chi connectivity index (χ2v) is 4.10. The topological polar surface area (TPSA) is 124 Å². The highest BCUT2D eigenvalue weighted by Crippen LogP contribution is 2.28. The number of carbonyl (C=O) groups excluding carboxylic acids is 1. The van der Waals surface area contributed by atoms with Gasteiger partial charge in [0.15, 0.2) is 0 Å². The Morgan fingerprint density at radius 3 is 2.35 bits per heavy atom. The molecule has 0 saturated heterocycles. The molecule has 0 bridgehead atoms. The van der Waals surface area contributed by atoms with Gasteiger partial charge in [0, 0.05) is 23.0 Å². The molecule has 2 aromatic carbocycles. The van der Waals surface area contributed by atoms with Gasteiger partial charge in [-0.15, -0.1) is 0 Å². The summed E-state index contributed by atoms with van der Waals surface area (Å²) in [5.74, 6) is -0.716. The predicted octanol–water partition coefficient (Wildman–Crippen LogP) is 2.02. The molecule has 5 N–H and O–H groups in total. The summed E-state index contributed by atoms with van der Waals surface area (Å²) < 4.78 is 0. The number of nitrogens with zero attached hydrogens (tertiary/aromatic N) is 1. The van der Waals surface area contributed by atoms with E-state index in [-0.39, 0.29) is 16.9 Å². The van der Waals surface area contributed by atoms with E-state index in [1.807, 2.05) is 0 Å². The van der Waals surface area contributed by atoms with Crippen LogP contribution in [-0.4, -0.2) is 10.8 Å². The van der Waals surface area contributed by atoms with Gasteiger partial charge in [-0.25, -0.2) is 0 Å². The zero-order valence-corrected chi connectivity index (χ0v) is 10.4. The highest BCUT2D eigenvalue weighted by atomic mass is 16.6. The molecule has 2 aromatic rings. The Balaban J connectivity index is 2.38. The number of nitrogens with one attached hydrogen (secondary N) is 1. The molecular weight excluding hydrogens is 260 g/mol. The first-order valence-corrected chi connectivity index (χ1v) is 5.68. The van der Waals surface area contributed by atoms with Crippen LogP contribution < -0.4 is 16.8 Å². The molecule has 0 radical (unpaired) electrons. The monoisotopic (exact) mass is 272 g/mol. The number of anilines is 3. The Labute approximate surface area is 114 Å². The first-order chi connectivity index (χ1) is 9.47. The van der Waals surface area contributed by atoms with Crippen LogP contribution in [0.15, 0.2) is 42.5 Å². The van der Waals surface area contributed by atoms with E-state index in [4.69, 9.17) is 11.5 Å². The van der Waals surface area contributed by atoms with Crippen molar-refractivity contribution in [2.75, 3.05) is 11.1 Å². The fourth-order valence-corrected chi connectivity index (χ4v) is 1.66. The molecule has 0 atom stereocenters. The maximum Gasteiger partial charge on any atom is 0.293 e. The van der Waals surface area contributed by atoms with Crippen molar-refractivity contribution < 1.29 is 9.72 Å². The van der Waals surface area contributed by atoms with E-state index in [1.165, 1.54) is 12.1 Å². The highest BCUT2D eigenvalue weighted by Gasteiger charge is 2.16. The fourth-order valence-electron chi connectivity index (χ4n) is 1.66. The van der Waals surface area contributed by atoms with Crippen molar-refractivity contribution in [1.29, 1.82) is 0 Å². The lowest BCUT2D eigenvalue weighted by Gasteiger charge is -2.08. The summed E-state index contributed by atoms with van der Waals surface area (Å²) in [6.07, 6.45) is 0. The smallest absolute Gasteiger partial charge is 0.293 e. The lowest BCUT2D eigenvalue weighted by molar-refractivity contribution is -0.383. The van der Waals surface area contributed by atoms with Gasteiger partial charge in [0.2, 0.25) is 5.91 Å². The number of carbonyl (C=O) groups is 1. The molecule has 102 valence electrons. The van der Waals surface area contributed by atoms with Gasteiger partial charge in [-0.3, -0.25) is 14.9 Å². The summed E-state index contributed by atoms with van der Waals surface area (Å²) in [7, 11) is 0. The first kappa shape index (κ1) is 13.3. The van der Waals surface area contributed by atoms with Crippen molar-refractivity contribution in [3.05, 3.63) is 58.1 Å². The van der Waals surface area contributed by atoms with Crippen molar-refractivity contribution in [3.8, 4) is 0 Å². The Hall–Kier alpha value is -3.09. The van der Waals surface area contributed by atoms with E-state index < -0.39 is 10.8 Å². The van der Waals surface area contributed by atoms with E-state index in [9.17, 15) is 14.9 Å². The van der Waals surface area contributed by atoms with Crippen LogP contribution in [0.1, 0.15) is 10.4 Å². The van der Waals surface area contributed by atoms with Gasteiger partial charge < -0.3 is 16.8 Å². The van der Waals surface area contributed by atoms with Gasteiger partial charge in [0.1, 0.15) is 5.69 Å². The minimum absolute atomic E-state index is 0.0829. The number of nitro benzene ring substituents is 1. The molecule has 2 rings (SSSR count). The number of nitrogen functional groups attached to an aromatic ring is 1. The third kappa shape index (κ3) is 2.83. The van der Waals surface area contributed by atoms with Crippen molar-refractivity contribution in [1.82, 2.24) is 0 Å². The van der Waals surface area contributed by atoms with E-state index in [0.717, 1.165) is 6.07 Å². The molecule has 1 amide bonds. The predicted molar refractivity (Wildman–Crippen MR) is 75.8 cm³/mol. The summed E-state index contributed by atoms with van der Waals surface area (Å²) in [5.41, 5.74) is 12.0. The minimum atomic E-state index is -0.716. The number of nitrogens with two attached hydrogens (primary N) is 2. The van der Waals surface area contributed by atoms with E-state index in [0.29, 0.717) is 11.4 Å². The molecule has 20 heavy (non-hydrogen) atoms. The maximum atomic E-state index is 11.0. The van der Waals surface area contributed by atoms with E-state index >= 15 is 0 Å². The number of primary amides is 1. The molecule has 0 aliphatic heterocycles. The highest BCUT2D eigenvalue weighted by molar-refractivity contribution is 5.94. The van der Waals surface area contributed by atoms with Crippen LogP contribution in [0.4, 0.5) is 22.7 Å². The normalized spacial score (nSPS) is 10.0. The molecule has 0 aliphatic rings. The van der Waals surface area contributed by atoms with Crippen LogP contribution >= 0.6 is 0 Å². The third-order valence-corrected chi connectivity index (χ3v) is 2.67. The summed E-state index contributed by atoms with van der Waals surface area (Å²) in [4.78, 5) is 21.5. The Morgan fingerprint density at radius 2 is 1.80 bits per heavy atom. The van der Waals surface area contributed by atoms with Crippen LogP contribution in [0.3, 0.4) is 0 Å². The number of hydrogen-bond acceptors (Lipinski definition) is 5. The zero-order chi connectivity index (χ0) is 14.7. The summed E-state index contributed by atoms with van der Waals surface area (Å²) >= 11 is 0. The van der Waals surface area contributed by atoms with Crippen molar-refractivity contribution >= 4 is 28.7 Å². The van der Waals surface area contributed by atoms with E-state index in [1.54, 1.807) is 24.3 Å². The molecule has 7 heteroatoms. The molecule has 0 aromatic heterocycles. The Bertz CT molecular complexity index is 668. The molecule has 0 spiro atoms. The number of amides is 1. The molecule has 0 aliphatic carbocycles. The summed E-state index contributed by atoms with van der Waals surface area (Å²) in [6.45, 7) is 0. The second kappa shape index (κ2) is 5.27. The first-order valence-electron chi connectivity index (χ1n) is 5.68. The maximum absolute atomic E-state index is 11.0. The van der Waals surface area contributed by atoms with Crippen LogP contribution in [0.5, 0.6) is 0 Å². The number of benzene rings is 2. The number of nitro groups is 1. The molecule has 7 nitrogen and oxygen atoms in total. The average molecular weight is 272 g/mol. The molecule has 0 saturated carbocycles. The van der Waals surface area contributed by atoms with Gasteiger partial charge in [-0.2, -0.15) is 0 Å². The Kier molecular flexibility index (Phi) is 3.52. The Morgan fingerprint density at radius 1 is 1.15 bits per heavy atom. The standard InChI is InChI=1S/C13H12N4O3/c14-9-2-4-10(5-3-9)16-11-6-1-8(13(15)18)7-12(11)17(19)20/h1-7,16H,14H2,(H2,15,18). The molecule has 0 unspecified atom stereocenters. The largest absolute Gasteiger partial charge is 0.399 e. The molecule has 0 heterocycles. The second-order valence-electron chi connectivity index (χ2n) is 4.10. The summed E-state index contributed by atoms with van der Waals surface area (Å²) in [6, 6.07) is 10.7. The van der Waals surface area contributed by atoms with Gasteiger partial charge in [-0.05, 0) is 36.4 Å². The van der Waals surface area contributed by atoms with Gasteiger partial charge in [-0.1, -0.05) is 0 Å². The summed E-state index contributed by atoms with van der Waals surface area (Å²) in [5, 5.41) is 13.9. The van der Waals surface area contributed by atoms with Crippen LogP contribution in [0.2, 0.25) is 0 Å². The van der Waals surface area contributed by atoms with Crippen molar-refractivity contribution in [2.45, 2.75) is 0 Å². The number of rotatable bonds is 4. The lowest BCUT2D eigenvalue weighted by Crippen LogP contribution is -2.11. The van der Waals surface area contributed by atoms with Gasteiger partial charge >= 0.3 is 0 Å². The molecule has 0 fully saturated rings.